The molecule has 1 atom stereocenters. The molecule has 0 bridgehead atoms. The lowest BCUT2D eigenvalue weighted by Crippen LogP contribution is -2.06. The first-order chi connectivity index (χ1) is 9.44. The number of furan rings is 1. The van der Waals surface area contributed by atoms with Gasteiger partial charge in [-0.3, -0.25) is 0 Å². The van der Waals surface area contributed by atoms with Crippen LogP contribution in [0.15, 0.2) is 26.2 Å². The highest BCUT2D eigenvalue weighted by Crippen LogP contribution is 2.21. The molecule has 0 aliphatic heterocycles. The summed E-state index contributed by atoms with van der Waals surface area (Å²) in [5, 5.41) is 3.72. The van der Waals surface area contributed by atoms with Crippen LogP contribution in [0.5, 0.6) is 0 Å². The van der Waals surface area contributed by atoms with Crippen molar-refractivity contribution in [1.82, 2.24) is 10.1 Å². The zero-order valence-electron chi connectivity index (χ0n) is 11.5. The van der Waals surface area contributed by atoms with Gasteiger partial charge in [-0.1, -0.05) is 5.16 Å². The second-order valence-corrected chi connectivity index (χ2v) is 6.20. The molecule has 0 spiro atoms. The van der Waals surface area contributed by atoms with Crippen molar-refractivity contribution in [2.24, 2.45) is 0 Å². The molecule has 0 fully saturated rings. The van der Waals surface area contributed by atoms with Crippen LogP contribution >= 0.6 is 0 Å². The van der Waals surface area contributed by atoms with Gasteiger partial charge in [0, 0.05) is 6.61 Å². The van der Waals surface area contributed by atoms with Gasteiger partial charge >= 0.3 is 0 Å². The van der Waals surface area contributed by atoms with Crippen molar-refractivity contribution in [1.29, 1.82) is 0 Å². The molecular formula is C12H16N2O5S. The van der Waals surface area contributed by atoms with E-state index in [2.05, 4.69) is 10.1 Å². The number of rotatable bonds is 6. The minimum Gasteiger partial charge on any atom is -0.468 e. The third-order valence-corrected chi connectivity index (χ3v) is 4.44. The van der Waals surface area contributed by atoms with E-state index in [4.69, 9.17) is 13.7 Å². The van der Waals surface area contributed by atoms with Crippen LogP contribution < -0.4 is 0 Å². The molecule has 0 saturated heterocycles. The molecular weight excluding hydrogens is 284 g/mol. The van der Waals surface area contributed by atoms with Crippen molar-refractivity contribution in [3.05, 3.63) is 29.8 Å². The highest BCUT2D eigenvalue weighted by atomic mass is 32.2. The Morgan fingerprint density at radius 2 is 2.20 bits per heavy atom. The molecule has 0 radical (unpaired) electrons. The van der Waals surface area contributed by atoms with Crippen LogP contribution in [0, 0.1) is 6.92 Å². The Labute approximate surface area is 116 Å². The van der Waals surface area contributed by atoms with E-state index < -0.39 is 9.84 Å². The van der Waals surface area contributed by atoms with Gasteiger partial charge in [0.25, 0.3) is 0 Å². The number of aromatic nitrogens is 2. The average molecular weight is 300 g/mol. The van der Waals surface area contributed by atoms with Crippen molar-refractivity contribution >= 4 is 9.84 Å². The van der Waals surface area contributed by atoms with Gasteiger partial charge in [-0.25, -0.2) is 8.42 Å². The quantitative estimate of drug-likeness (QED) is 0.805. The van der Waals surface area contributed by atoms with Crippen molar-refractivity contribution in [3.63, 3.8) is 0 Å². The number of ether oxygens (including phenoxy) is 1. The van der Waals surface area contributed by atoms with Crippen LogP contribution in [0.1, 0.15) is 37.4 Å². The maximum Gasteiger partial charge on any atom is 0.242 e. The Hall–Kier alpha value is -1.67. The standard InChI is InChI=1S/C12H16N2O5S/c1-4-17-9(3)12-13-11(19-14-12)7-20(15,16)10-5-6-18-8(10)2/h5-6,9H,4,7H2,1-3H3/t9-/m0/s1. The molecule has 0 aliphatic carbocycles. The summed E-state index contributed by atoms with van der Waals surface area (Å²) in [6.07, 6.45) is 0.995. The maximum absolute atomic E-state index is 12.2. The van der Waals surface area contributed by atoms with Gasteiger partial charge in [0.2, 0.25) is 5.89 Å². The topological polar surface area (TPSA) is 95.4 Å². The van der Waals surface area contributed by atoms with E-state index in [9.17, 15) is 8.42 Å². The van der Waals surface area contributed by atoms with Crippen LogP contribution in [0.4, 0.5) is 0 Å². The van der Waals surface area contributed by atoms with Crippen molar-refractivity contribution in [2.45, 2.75) is 37.5 Å². The predicted molar refractivity (Wildman–Crippen MR) is 68.7 cm³/mol. The number of sulfone groups is 1. The zero-order valence-corrected chi connectivity index (χ0v) is 12.3. The molecule has 2 rings (SSSR count). The van der Waals surface area contributed by atoms with Crippen LogP contribution in [-0.4, -0.2) is 25.2 Å². The van der Waals surface area contributed by atoms with Gasteiger partial charge in [-0.15, -0.1) is 0 Å². The average Bonchev–Trinajstić information content (AvgIpc) is 2.98. The van der Waals surface area contributed by atoms with Crippen molar-refractivity contribution < 1.29 is 22.1 Å². The fraction of sp³-hybridized carbons (Fsp3) is 0.500. The molecule has 2 heterocycles. The van der Waals surface area contributed by atoms with E-state index in [0.29, 0.717) is 18.2 Å². The largest absolute Gasteiger partial charge is 0.468 e. The SMILES string of the molecule is CCO[C@@H](C)c1noc(CS(=O)(=O)c2ccoc2C)n1. The van der Waals surface area contributed by atoms with Crippen LogP contribution in [-0.2, 0) is 20.3 Å². The van der Waals surface area contributed by atoms with E-state index >= 15 is 0 Å². The Balaban J connectivity index is 2.17. The van der Waals surface area contributed by atoms with Gasteiger partial charge in [-0.2, -0.15) is 4.98 Å². The minimum absolute atomic E-state index is 0.0344. The van der Waals surface area contributed by atoms with Gasteiger partial charge < -0.3 is 13.7 Å². The van der Waals surface area contributed by atoms with Gasteiger partial charge in [0.05, 0.1) is 6.26 Å². The zero-order chi connectivity index (χ0) is 14.8. The second-order valence-electron chi connectivity index (χ2n) is 4.24. The molecule has 0 unspecified atom stereocenters. The minimum atomic E-state index is -3.56. The highest BCUT2D eigenvalue weighted by molar-refractivity contribution is 7.90. The normalized spacial score (nSPS) is 13.6. The first-order valence-corrected chi connectivity index (χ1v) is 7.80. The summed E-state index contributed by atoms with van der Waals surface area (Å²) in [5.41, 5.74) is 0. The van der Waals surface area contributed by atoms with Crippen molar-refractivity contribution in [2.75, 3.05) is 6.61 Å². The monoisotopic (exact) mass is 300 g/mol. The first kappa shape index (κ1) is 14.7. The van der Waals surface area contributed by atoms with E-state index in [1.54, 1.807) is 13.8 Å². The van der Waals surface area contributed by atoms with E-state index in [0.717, 1.165) is 0 Å². The molecule has 7 nitrogen and oxygen atoms in total. The summed E-state index contributed by atoms with van der Waals surface area (Å²) in [7, 11) is -3.56. The molecule has 0 aromatic carbocycles. The molecule has 8 heteroatoms. The first-order valence-electron chi connectivity index (χ1n) is 6.15. The number of hydrogen-bond acceptors (Lipinski definition) is 7. The predicted octanol–water partition coefficient (Wildman–Crippen LogP) is 2.04. The van der Waals surface area contributed by atoms with Gasteiger partial charge in [-0.05, 0) is 26.8 Å². The van der Waals surface area contributed by atoms with Gasteiger partial charge in [0.1, 0.15) is 22.5 Å². The van der Waals surface area contributed by atoms with Crippen LogP contribution in [0.2, 0.25) is 0 Å². The molecule has 110 valence electrons. The van der Waals surface area contributed by atoms with E-state index in [1.807, 2.05) is 6.92 Å². The third kappa shape index (κ3) is 3.07. The Morgan fingerprint density at radius 3 is 2.80 bits per heavy atom. The molecule has 0 amide bonds. The number of aryl methyl sites for hydroxylation is 1. The van der Waals surface area contributed by atoms with Gasteiger partial charge in [0.15, 0.2) is 15.7 Å². The summed E-state index contributed by atoms with van der Waals surface area (Å²) < 4.78 is 39.6. The Bertz CT molecular complexity index is 674. The highest BCUT2D eigenvalue weighted by Gasteiger charge is 2.24. The Kier molecular flexibility index (Phi) is 4.24. The molecule has 2 aromatic rings. The lowest BCUT2D eigenvalue weighted by Gasteiger charge is -2.04. The fourth-order valence-electron chi connectivity index (χ4n) is 1.75. The van der Waals surface area contributed by atoms with Crippen LogP contribution in [0.3, 0.4) is 0 Å². The molecule has 2 aromatic heterocycles. The summed E-state index contributed by atoms with van der Waals surface area (Å²) in [6.45, 7) is 5.72. The number of hydrogen-bond donors (Lipinski definition) is 0. The number of nitrogens with zero attached hydrogens (tertiary/aromatic N) is 2. The Morgan fingerprint density at radius 1 is 1.45 bits per heavy atom. The summed E-state index contributed by atoms with van der Waals surface area (Å²) >= 11 is 0. The summed E-state index contributed by atoms with van der Waals surface area (Å²) in [5.74, 6) is 0.347. The maximum atomic E-state index is 12.2. The van der Waals surface area contributed by atoms with Crippen molar-refractivity contribution in [3.8, 4) is 0 Å². The lowest BCUT2D eigenvalue weighted by atomic mass is 10.4. The second kappa shape index (κ2) is 5.76. The molecule has 0 aliphatic rings. The van der Waals surface area contributed by atoms with E-state index in [1.165, 1.54) is 12.3 Å². The fourth-order valence-corrected chi connectivity index (χ4v) is 3.10. The smallest absolute Gasteiger partial charge is 0.242 e. The lowest BCUT2D eigenvalue weighted by molar-refractivity contribution is 0.0683. The summed E-state index contributed by atoms with van der Waals surface area (Å²) in [4.78, 5) is 4.18. The molecule has 0 N–H and O–H groups in total. The third-order valence-electron chi connectivity index (χ3n) is 2.72. The van der Waals surface area contributed by atoms with Crippen LogP contribution in [0.25, 0.3) is 0 Å². The molecule has 20 heavy (non-hydrogen) atoms. The summed E-state index contributed by atoms with van der Waals surface area (Å²) in [6, 6.07) is 1.41. The van der Waals surface area contributed by atoms with E-state index in [-0.39, 0.29) is 22.6 Å². The molecule has 0 saturated carbocycles.